The molecular formula is C9H16N2O2. The van der Waals surface area contributed by atoms with Crippen LogP contribution in [0.2, 0.25) is 0 Å². The van der Waals surface area contributed by atoms with Gasteiger partial charge in [-0.1, -0.05) is 0 Å². The van der Waals surface area contributed by atoms with Crippen molar-refractivity contribution in [1.29, 1.82) is 0 Å². The van der Waals surface area contributed by atoms with E-state index in [-0.39, 0.29) is 11.8 Å². The highest BCUT2D eigenvalue weighted by Gasteiger charge is 2.36. The summed E-state index contributed by atoms with van der Waals surface area (Å²) >= 11 is 0. The highest BCUT2D eigenvalue weighted by molar-refractivity contribution is 5.86. The highest BCUT2D eigenvalue weighted by Crippen LogP contribution is 2.25. The van der Waals surface area contributed by atoms with Crippen molar-refractivity contribution in [2.24, 2.45) is 5.41 Å². The van der Waals surface area contributed by atoms with E-state index in [0.717, 1.165) is 0 Å². The van der Waals surface area contributed by atoms with Crippen LogP contribution in [0.25, 0.3) is 0 Å². The van der Waals surface area contributed by atoms with Gasteiger partial charge in [-0.3, -0.25) is 9.59 Å². The maximum atomic E-state index is 11.6. The first-order valence-corrected chi connectivity index (χ1v) is 4.63. The predicted octanol–water partition coefficient (Wildman–Crippen LogP) is 0.0388. The largest absolute Gasteiger partial charge is 0.356 e. The van der Waals surface area contributed by atoms with Crippen LogP contribution in [0.15, 0.2) is 0 Å². The third kappa shape index (κ3) is 2.20. The molecule has 13 heavy (non-hydrogen) atoms. The Morgan fingerprint density at radius 1 is 1.69 bits per heavy atom. The number of carbonyl (C=O) groups is 2. The molecular weight excluding hydrogens is 168 g/mol. The number of carbonyl (C=O) groups excluding carboxylic acids is 2. The smallest absolute Gasteiger partial charge is 0.227 e. The molecule has 4 heteroatoms. The zero-order valence-corrected chi connectivity index (χ0v) is 8.14. The normalized spacial score (nSPS) is 28.0. The molecule has 0 radical (unpaired) electrons. The fourth-order valence-corrected chi connectivity index (χ4v) is 1.43. The molecule has 1 saturated heterocycles. The highest BCUT2D eigenvalue weighted by atomic mass is 16.2. The van der Waals surface area contributed by atoms with Crippen LogP contribution in [0.5, 0.6) is 0 Å². The molecule has 1 rings (SSSR count). The van der Waals surface area contributed by atoms with Crippen molar-refractivity contribution in [3.63, 3.8) is 0 Å². The van der Waals surface area contributed by atoms with Crippen molar-refractivity contribution in [1.82, 2.24) is 10.6 Å². The molecule has 2 amide bonds. The Kier molecular flexibility index (Phi) is 2.90. The van der Waals surface area contributed by atoms with Crippen molar-refractivity contribution in [2.75, 3.05) is 13.1 Å². The molecule has 1 atom stereocenters. The number of hydrogen-bond donors (Lipinski definition) is 2. The van der Waals surface area contributed by atoms with E-state index in [4.69, 9.17) is 0 Å². The van der Waals surface area contributed by atoms with Gasteiger partial charge in [0.15, 0.2) is 0 Å². The summed E-state index contributed by atoms with van der Waals surface area (Å²) < 4.78 is 0. The van der Waals surface area contributed by atoms with E-state index in [2.05, 4.69) is 10.6 Å². The first-order chi connectivity index (χ1) is 6.08. The third-order valence-electron chi connectivity index (χ3n) is 2.47. The molecule has 74 valence electrons. The van der Waals surface area contributed by atoms with Gasteiger partial charge in [0, 0.05) is 19.5 Å². The molecule has 0 aromatic heterocycles. The van der Waals surface area contributed by atoms with E-state index >= 15 is 0 Å². The summed E-state index contributed by atoms with van der Waals surface area (Å²) in [6, 6.07) is 0. The van der Waals surface area contributed by atoms with Gasteiger partial charge in [-0.05, 0) is 20.3 Å². The summed E-state index contributed by atoms with van der Waals surface area (Å²) in [7, 11) is 0. The number of amides is 2. The lowest BCUT2D eigenvalue weighted by Gasteiger charge is -2.31. The van der Waals surface area contributed by atoms with Crippen LogP contribution in [-0.4, -0.2) is 24.9 Å². The van der Waals surface area contributed by atoms with E-state index in [9.17, 15) is 9.59 Å². The second-order valence-electron chi connectivity index (χ2n) is 3.70. The van der Waals surface area contributed by atoms with Gasteiger partial charge >= 0.3 is 0 Å². The lowest BCUT2D eigenvalue weighted by atomic mass is 9.81. The van der Waals surface area contributed by atoms with E-state index in [1.54, 1.807) is 0 Å². The Morgan fingerprint density at radius 3 is 2.85 bits per heavy atom. The molecule has 0 saturated carbocycles. The Hall–Kier alpha value is -1.06. The van der Waals surface area contributed by atoms with Gasteiger partial charge in [0.1, 0.15) is 0 Å². The molecule has 0 aromatic rings. The molecule has 0 bridgehead atoms. The maximum absolute atomic E-state index is 11.6. The lowest BCUT2D eigenvalue weighted by Crippen LogP contribution is -2.50. The topological polar surface area (TPSA) is 58.2 Å². The minimum absolute atomic E-state index is 0.0370. The molecule has 2 N–H and O–H groups in total. The van der Waals surface area contributed by atoms with Crippen molar-refractivity contribution >= 4 is 11.8 Å². The molecule has 4 nitrogen and oxygen atoms in total. The monoisotopic (exact) mass is 184 g/mol. The summed E-state index contributed by atoms with van der Waals surface area (Å²) in [5.74, 6) is 0.0803. The molecule has 0 spiro atoms. The third-order valence-corrected chi connectivity index (χ3v) is 2.47. The molecule has 1 aliphatic heterocycles. The Labute approximate surface area is 78.1 Å². The number of rotatable bonds is 2. The molecule has 1 unspecified atom stereocenters. The zero-order valence-electron chi connectivity index (χ0n) is 8.14. The minimum Gasteiger partial charge on any atom is -0.356 e. The zero-order chi connectivity index (χ0) is 9.90. The van der Waals surface area contributed by atoms with Gasteiger partial charge in [0.2, 0.25) is 11.8 Å². The van der Waals surface area contributed by atoms with Crippen molar-refractivity contribution in [3.05, 3.63) is 0 Å². The lowest BCUT2D eigenvalue weighted by molar-refractivity contribution is -0.134. The van der Waals surface area contributed by atoms with Crippen LogP contribution in [0.1, 0.15) is 26.7 Å². The molecule has 0 aliphatic carbocycles. The van der Waals surface area contributed by atoms with Crippen LogP contribution in [0.4, 0.5) is 0 Å². The van der Waals surface area contributed by atoms with Gasteiger partial charge in [-0.2, -0.15) is 0 Å². The summed E-state index contributed by atoms with van der Waals surface area (Å²) in [6.07, 6.45) is 1.10. The van der Waals surface area contributed by atoms with Gasteiger partial charge < -0.3 is 10.6 Å². The Morgan fingerprint density at radius 2 is 2.38 bits per heavy atom. The van der Waals surface area contributed by atoms with Gasteiger partial charge in [-0.15, -0.1) is 0 Å². The molecule has 1 heterocycles. The van der Waals surface area contributed by atoms with Gasteiger partial charge in [-0.25, -0.2) is 0 Å². The average Bonchev–Trinajstić information content (AvgIpc) is 2.11. The maximum Gasteiger partial charge on any atom is 0.227 e. The standard InChI is InChI=1S/C9H16N2O2/c1-3-10-8(13)9(2)5-4-7(12)11-6-9/h3-6H2,1-2H3,(H,10,13)(H,11,12). The second kappa shape index (κ2) is 3.77. The van der Waals surface area contributed by atoms with E-state index in [1.165, 1.54) is 0 Å². The molecule has 1 fully saturated rings. The van der Waals surface area contributed by atoms with Crippen LogP contribution < -0.4 is 10.6 Å². The van der Waals surface area contributed by atoms with Gasteiger partial charge in [0.25, 0.3) is 0 Å². The van der Waals surface area contributed by atoms with Crippen LogP contribution in [-0.2, 0) is 9.59 Å². The van der Waals surface area contributed by atoms with E-state index < -0.39 is 5.41 Å². The summed E-state index contributed by atoms with van der Waals surface area (Å²) in [5, 5.41) is 5.49. The Balaban J connectivity index is 2.56. The Bertz CT molecular complexity index is 216. The van der Waals surface area contributed by atoms with Crippen molar-refractivity contribution in [3.8, 4) is 0 Å². The summed E-state index contributed by atoms with van der Waals surface area (Å²) in [5.41, 5.74) is -0.413. The first kappa shape index (κ1) is 10.0. The van der Waals surface area contributed by atoms with Crippen molar-refractivity contribution < 1.29 is 9.59 Å². The van der Waals surface area contributed by atoms with Crippen molar-refractivity contribution in [2.45, 2.75) is 26.7 Å². The van der Waals surface area contributed by atoms with E-state index in [1.807, 2.05) is 13.8 Å². The summed E-state index contributed by atoms with van der Waals surface area (Å²) in [6.45, 7) is 4.88. The second-order valence-corrected chi connectivity index (χ2v) is 3.70. The number of hydrogen-bond acceptors (Lipinski definition) is 2. The average molecular weight is 184 g/mol. The summed E-state index contributed by atoms with van der Waals surface area (Å²) in [4.78, 5) is 22.5. The van der Waals surface area contributed by atoms with Crippen LogP contribution >= 0.6 is 0 Å². The fraction of sp³-hybridized carbons (Fsp3) is 0.778. The number of nitrogens with one attached hydrogen (secondary N) is 2. The first-order valence-electron chi connectivity index (χ1n) is 4.63. The SMILES string of the molecule is CCNC(=O)C1(C)CCC(=O)NC1. The number of piperidine rings is 1. The molecule has 0 aromatic carbocycles. The van der Waals surface area contributed by atoms with Gasteiger partial charge in [0.05, 0.1) is 5.41 Å². The van der Waals surface area contributed by atoms with E-state index in [0.29, 0.717) is 25.9 Å². The van der Waals surface area contributed by atoms with Crippen LogP contribution in [0, 0.1) is 5.41 Å². The van der Waals surface area contributed by atoms with Crippen LogP contribution in [0.3, 0.4) is 0 Å². The predicted molar refractivity (Wildman–Crippen MR) is 49.0 cm³/mol. The minimum atomic E-state index is -0.413. The quantitative estimate of drug-likeness (QED) is 0.636. The fourth-order valence-electron chi connectivity index (χ4n) is 1.43. The molecule has 1 aliphatic rings.